The van der Waals surface area contributed by atoms with Crippen LogP contribution in [-0.2, 0) is 0 Å². The molecule has 23 heavy (non-hydrogen) atoms. The maximum absolute atomic E-state index is 9.39. The number of fused-ring (bicyclic) bond motifs is 2. The molecule has 7 nitrogen and oxygen atoms in total. The summed E-state index contributed by atoms with van der Waals surface area (Å²) in [4.78, 5) is 9.06. The van der Waals surface area contributed by atoms with Crippen LogP contribution in [-0.4, -0.2) is 9.97 Å². The summed E-state index contributed by atoms with van der Waals surface area (Å²) >= 11 is 0. The molecule has 0 aliphatic rings. The smallest absolute Gasteiger partial charge is 0.110 e. The zero-order valence-corrected chi connectivity index (χ0v) is 12.6. The van der Waals surface area contributed by atoms with Crippen LogP contribution in [0.1, 0.15) is 22.3 Å². The molecular formula is C16H13N7. The summed E-state index contributed by atoms with van der Waals surface area (Å²) in [5.74, 6) is 0. The lowest BCUT2D eigenvalue weighted by Crippen LogP contribution is -2.05. The Morgan fingerprint density at radius 3 is 2.04 bits per heavy atom. The first-order chi connectivity index (χ1) is 10.9. The van der Waals surface area contributed by atoms with Gasteiger partial charge in [0.05, 0.1) is 28.0 Å². The van der Waals surface area contributed by atoms with Crippen LogP contribution in [0.5, 0.6) is 0 Å². The van der Waals surface area contributed by atoms with Crippen LogP contribution in [0.25, 0.3) is 22.1 Å². The van der Waals surface area contributed by atoms with Crippen molar-refractivity contribution in [1.29, 1.82) is 10.5 Å². The monoisotopic (exact) mass is 303 g/mol. The summed E-state index contributed by atoms with van der Waals surface area (Å²) in [6.45, 7) is 3.57. The number of aryl methyl sites for hydroxylation is 2. The quantitative estimate of drug-likeness (QED) is 0.423. The van der Waals surface area contributed by atoms with Gasteiger partial charge in [-0.1, -0.05) is 0 Å². The molecule has 112 valence electrons. The largest absolute Gasteiger partial charge is 0.398 e. The van der Waals surface area contributed by atoms with Crippen molar-refractivity contribution in [3.05, 3.63) is 28.3 Å². The van der Waals surface area contributed by atoms with Gasteiger partial charge in [-0.05, 0) is 25.5 Å². The highest BCUT2D eigenvalue weighted by atomic mass is 14.8. The Labute approximate surface area is 131 Å². The first-order valence-corrected chi connectivity index (χ1v) is 6.79. The van der Waals surface area contributed by atoms with Gasteiger partial charge in [-0.2, -0.15) is 10.5 Å². The molecule has 0 bridgehead atoms. The second kappa shape index (κ2) is 4.72. The molecule has 0 radical (unpaired) electrons. The van der Waals surface area contributed by atoms with E-state index in [4.69, 9.17) is 17.2 Å². The summed E-state index contributed by atoms with van der Waals surface area (Å²) < 4.78 is 0. The predicted molar refractivity (Wildman–Crippen MR) is 89.2 cm³/mol. The summed E-state index contributed by atoms with van der Waals surface area (Å²) in [7, 11) is 0. The molecule has 3 rings (SSSR count). The van der Waals surface area contributed by atoms with Crippen molar-refractivity contribution >= 4 is 39.1 Å². The molecule has 1 heterocycles. The third-order valence-electron chi connectivity index (χ3n) is 4.03. The van der Waals surface area contributed by atoms with E-state index >= 15 is 0 Å². The van der Waals surface area contributed by atoms with E-state index in [1.54, 1.807) is 19.9 Å². The van der Waals surface area contributed by atoms with E-state index in [1.165, 1.54) is 0 Å². The first kappa shape index (κ1) is 14.4. The van der Waals surface area contributed by atoms with Crippen molar-refractivity contribution < 1.29 is 0 Å². The third kappa shape index (κ3) is 1.81. The predicted octanol–water partition coefficient (Wildman–Crippen LogP) is 1.89. The molecule has 0 spiro atoms. The fraction of sp³-hybridized carbons (Fsp3) is 0.125. The van der Waals surface area contributed by atoms with Crippen LogP contribution >= 0.6 is 0 Å². The zero-order valence-electron chi connectivity index (χ0n) is 12.6. The molecule has 0 unspecified atom stereocenters. The Hall–Kier alpha value is -3.58. The van der Waals surface area contributed by atoms with E-state index in [9.17, 15) is 10.5 Å². The molecule has 0 saturated heterocycles. The number of hydrogen-bond acceptors (Lipinski definition) is 7. The van der Waals surface area contributed by atoms with Gasteiger partial charge >= 0.3 is 0 Å². The number of nitrogen functional groups attached to an aromatic ring is 3. The molecule has 0 aliphatic heterocycles. The highest BCUT2D eigenvalue weighted by Gasteiger charge is 2.19. The first-order valence-electron chi connectivity index (χ1n) is 6.79. The molecule has 7 heteroatoms. The molecule has 1 aromatic heterocycles. The Balaban J connectivity index is 2.67. The summed E-state index contributed by atoms with van der Waals surface area (Å²) in [5, 5.41) is 18.7. The maximum atomic E-state index is 9.39. The Morgan fingerprint density at radius 2 is 1.43 bits per heavy atom. The minimum atomic E-state index is 0.163. The van der Waals surface area contributed by atoms with Crippen molar-refractivity contribution in [2.24, 2.45) is 0 Å². The number of nitrogens with two attached hydrogens (primary N) is 3. The van der Waals surface area contributed by atoms with Crippen LogP contribution in [0.15, 0.2) is 6.07 Å². The van der Waals surface area contributed by atoms with Crippen LogP contribution in [0.3, 0.4) is 0 Å². The Kier molecular flexibility index (Phi) is 2.95. The van der Waals surface area contributed by atoms with Gasteiger partial charge in [-0.25, -0.2) is 9.97 Å². The average molecular weight is 303 g/mol. The molecular weight excluding hydrogens is 290 g/mol. The maximum Gasteiger partial charge on any atom is 0.110 e. The standard InChI is InChI=1S/C16H13N7/c1-6-10(19)3-8(4-17)15-13(6)22-14-7(2)11(20)12(21)9(5-18)16(14)23-15/h3H,19-21H2,1-2H3. The van der Waals surface area contributed by atoms with E-state index in [1.807, 2.05) is 6.07 Å². The lowest BCUT2D eigenvalue weighted by atomic mass is 10.0. The molecule has 2 aromatic carbocycles. The van der Waals surface area contributed by atoms with Crippen molar-refractivity contribution in [3.63, 3.8) is 0 Å². The molecule has 0 amide bonds. The number of aromatic nitrogens is 2. The SMILES string of the molecule is Cc1c(N)cc(C#N)c2nc3c(C#N)c(N)c(N)c(C)c3nc12. The van der Waals surface area contributed by atoms with Crippen molar-refractivity contribution in [2.45, 2.75) is 13.8 Å². The van der Waals surface area contributed by atoms with Crippen LogP contribution in [0, 0.1) is 36.5 Å². The second-order valence-corrected chi connectivity index (χ2v) is 5.31. The summed E-state index contributed by atoms with van der Waals surface area (Å²) in [6.07, 6.45) is 0. The lowest BCUT2D eigenvalue weighted by Gasteiger charge is -2.13. The molecule has 6 N–H and O–H groups in total. The van der Waals surface area contributed by atoms with Gasteiger partial charge in [0.2, 0.25) is 0 Å². The van der Waals surface area contributed by atoms with E-state index in [0.29, 0.717) is 44.6 Å². The van der Waals surface area contributed by atoms with E-state index in [-0.39, 0.29) is 11.3 Å². The van der Waals surface area contributed by atoms with Crippen molar-refractivity contribution in [3.8, 4) is 12.1 Å². The highest BCUT2D eigenvalue weighted by molar-refractivity contribution is 6.01. The van der Waals surface area contributed by atoms with Gasteiger partial charge in [0.25, 0.3) is 0 Å². The van der Waals surface area contributed by atoms with Crippen LogP contribution < -0.4 is 17.2 Å². The van der Waals surface area contributed by atoms with Gasteiger partial charge in [-0.3, -0.25) is 0 Å². The summed E-state index contributed by atoms with van der Waals surface area (Å²) in [6, 6.07) is 5.63. The van der Waals surface area contributed by atoms with Gasteiger partial charge in [0, 0.05) is 11.3 Å². The molecule has 0 fully saturated rings. The number of anilines is 3. The van der Waals surface area contributed by atoms with E-state index < -0.39 is 0 Å². The number of benzene rings is 2. The lowest BCUT2D eigenvalue weighted by molar-refractivity contribution is 1.31. The summed E-state index contributed by atoms with van der Waals surface area (Å²) in [5.41, 5.74) is 22.4. The molecule has 0 atom stereocenters. The fourth-order valence-electron chi connectivity index (χ4n) is 2.58. The second-order valence-electron chi connectivity index (χ2n) is 5.31. The van der Waals surface area contributed by atoms with Crippen LogP contribution in [0.2, 0.25) is 0 Å². The fourth-order valence-corrected chi connectivity index (χ4v) is 2.58. The number of hydrogen-bond donors (Lipinski definition) is 3. The van der Waals surface area contributed by atoms with Gasteiger partial charge in [-0.15, -0.1) is 0 Å². The van der Waals surface area contributed by atoms with Gasteiger partial charge < -0.3 is 17.2 Å². The van der Waals surface area contributed by atoms with Gasteiger partial charge in [0.1, 0.15) is 28.7 Å². The van der Waals surface area contributed by atoms with Gasteiger partial charge in [0.15, 0.2) is 0 Å². The normalized spacial score (nSPS) is 10.6. The number of nitrogens with zero attached hydrogens (tertiary/aromatic N) is 4. The third-order valence-corrected chi connectivity index (χ3v) is 4.03. The minimum absolute atomic E-state index is 0.163. The Bertz CT molecular complexity index is 1080. The highest BCUT2D eigenvalue weighted by Crippen LogP contribution is 2.34. The molecule has 0 saturated carbocycles. The number of rotatable bonds is 0. The van der Waals surface area contributed by atoms with Crippen molar-refractivity contribution in [2.75, 3.05) is 17.2 Å². The molecule has 3 aromatic rings. The molecule has 0 aliphatic carbocycles. The number of nitriles is 2. The van der Waals surface area contributed by atoms with Crippen molar-refractivity contribution in [1.82, 2.24) is 9.97 Å². The zero-order chi connectivity index (χ0) is 16.9. The Morgan fingerprint density at radius 1 is 0.826 bits per heavy atom. The minimum Gasteiger partial charge on any atom is -0.398 e. The van der Waals surface area contributed by atoms with E-state index in [0.717, 1.165) is 5.56 Å². The topological polar surface area (TPSA) is 151 Å². The average Bonchev–Trinajstić information content (AvgIpc) is 2.55. The van der Waals surface area contributed by atoms with E-state index in [2.05, 4.69) is 16.0 Å². The van der Waals surface area contributed by atoms with Crippen LogP contribution in [0.4, 0.5) is 17.1 Å².